The normalized spacial score (nSPS) is 15.6. The Kier molecular flexibility index (Phi) is 3.81. The second-order valence-corrected chi connectivity index (χ2v) is 8.05. The highest BCUT2D eigenvalue weighted by Gasteiger charge is 2.38. The van der Waals surface area contributed by atoms with Crippen LogP contribution in [0.1, 0.15) is 23.5 Å². The summed E-state index contributed by atoms with van der Waals surface area (Å²) in [6.07, 6.45) is 1.73. The van der Waals surface area contributed by atoms with Gasteiger partial charge < -0.3 is 0 Å². The van der Waals surface area contributed by atoms with Gasteiger partial charge in [-0.05, 0) is 44.0 Å². The molecule has 112 valence electrons. The molecule has 3 rings (SSSR count). The first-order valence-electron chi connectivity index (χ1n) is 6.65. The van der Waals surface area contributed by atoms with Crippen LogP contribution in [0.4, 0.5) is 4.39 Å². The average molecular weight is 326 g/mol. The highest BCUT2D eigenvalue weighted by atomic mass is 32.2. The third-order valence-electron chi connectivity index (χ3n) is 3.36. The summed E-state index contributed by atoms with van der Waals surface area (Å²) in [5.74, 6) is -0.443. The van der Waals surface area contributed by atoms with E-state index in [1.165, 1.54) is 39.9 Å². The molecule has 0 atom stereocenters. The van der Waals surface area contributed by atoms with E-state index in [2.05, 4.69) is 4.98 Å². The molecule has 0 N–H and O–H groups in total. The molecule has 0 amide bonds. The van der Waals surface area contributed by atoms with E-state index in [0.29, 0.717) is 0 Å². The van der Waals surface area contributed by atoms with Crippen LogP contribution in [-0.2, 0) is 16.6 Å². The fourth-order valence-corrected chi connectivity index (χ4v) is 4.42. The maximum Gasteiger partial charge on any atom is 0.243 e. The maximum atomic E-state index is 13.0. The SMILES string of the molecule is Cc1nc(CN(C2CC2)S(=O)(=O)c2ccc(F)cc2)cs1. The molecule has 0 unspecified atom stereocenters. The summed E-state index contributed by atoms with van der Waals surface area (Å²) in [5.41, 5.74) is 0.759. The Balaban J connectivity index is 1.90. The minimum absolute atomic E-state index is 0.0297. The van der Waals surface area contributed by atoms with Crippen molar-refractivity contribution in [3.63, 3.8) is 0 Å². The predicted octanol–water partition coefficient (Wildman–Crippen LogP) is 2.94. The van der Waals surface area contributed by atoms with Crippen LogP contribution >= 0.6 is 11.3 Å². The number of nitrogens with zero attached hydrogens (tertiary/aromatic N) is 2. The highest BCUT2D eigenvalue weighted by Crippen LogP contribution is 2.33. The lowest BCUT2D eigenvalue weighted by molar-refractivity contribution is 0.395. The summed E-state index contributed by atoms with van der Waals surface area (Å²) in [7, 11) is -3.61. The van der Waals surface area contributed by atoms with Crippen LogP contribution in [0.2, 0.25) is 0 Å². The van der Waals surface area contributed by atoms with Gasteiger partial charge in [0.2, 0.25) is 10.0 Å². The van der Waals surface area contributed by atoms with Crippen LogP contribution in [-0.4, -0.2) is 23.7 Å². The van der Waals surface area contributed by atoms with E-state index in [0.717, 1.165) is 23.5 Å². The van der Waals surface area contributed by atoms with Crippen molar-refractivity contribution in [1.82, 2.24) is 9.29 Å². The van der Waals surface area contributed by atoms with E-state index in [1.54, 1.807) is 0 Å². The number of sulfonamides is 1. The Morgan fingerprint density at radius 3 is 2.52 bits per heavy atom. The number of halogens is 1. The number of thiazole rings is 1. The number of hydrogen-bond donors (Lipinski definition) is 0. The second-order valence-electron chi connectivity index (χ2n) is 5.09. The molecule has 1 aliphatic carbocycles. The van der Waals surface area contributed by atoms with Gasteiger partial charge in [-0.2, -0.15) is 4.31 Å². The summed E-state index contributed by atoms with van der Waals surface area (Å²) < 4.78 is 39.9. The van der Waals surface area contributed by atoms with Gasteiger partial charge in [-0.25, -0.2) is 17.8 Å². The van der Waals surface area contributed by atoms with Crippen molar-refractivity contribution < 1.29 is 12.8 Å². The minimum atomic E-state index is -3.61. The summed E-state index contributed by atoms with van der Waals surface area (Å²) in [5, 5.41) is 2.80. The van der Waals surface area contributed by atoms with Crippen molar-refractivity contribution in [1.29, 1.82) is 0 Å². The first-order valence-corrected chi connectivity index (χ1v) is 8.97. The summed E-state index contributed by atoms with van der Waals surface area (Å²) in [4.78, 5) is 4.46. The Hall–Kier alpha value is -1.31. The fraction of sp³-hybridized carbons (Fsp3) is 0.357. The lowest BCUT2D eigenvalue weighted by Gasteiger charge is -2.21. The Labute approximate surface area is 127 Å². The molecule has 0 radical (unpaired) electrons. The van der Waals surface area contributed by atoms with Crippen LogP contribution < -0.4 is 0 Å². The van der Waals surface area contributed by atoms with Crippen LogP contribution in [0, 0.1) is 12.7 Å². The van der Waals surface area contributed by atoms with E-state index in [1.807, 2.05) is 12.3 Å². The second kappa shape index (κ2) is 5.47. The molecule has 0 aliphatic heterocycles. The van der Waals surface area contributed by atoms with E-state index in [9.17, 15) is 12.8 Å². The van der Waals surface area contributed by atoms with Gasteiger partial charge in [-0.1, -0.05) is 0 Å². The van der Waals surface area contributed by atoms with Gasteiger partial charge in [0, 0.05) is 11.4 Å². The molecule has 2 aromatic rings. The van der Waals surface area contributed by atoms with Gasteiger partial charge >= 0.3 is 0 Å². The van der Waals surface area contributed by atoms with E-state index >= 15 is 0 Å². The average Bonchev–Trinajstić information content (AvgIpc) is 3.19. The Bertz CT molecular complexity index is 737. The molecule has 0 bridgehead atoms. The fourth-order valence-electron chi connectivity index (χ4n) is 2.16. The van der Waals surface area contributed by atoms with Crippen molar-refractivity contribution in [3.05, 3.63) is 46.2 Å². The molecule has 1 saturated carbocycles. The lowest BCUT2D eigenvalue weighted by atomic mass is 10.4. The summed E-state index contributed by atoms with van der Waals surface area (Å²) >= 11 is 1.50. The first-order chi connectivity index (χ1) is 9.96. The zero-order valence-electron chi connectivity index (χ0n) is 11.5. The van der Waals surface area contributed by atoms with Crippen molar-refractivity contribution >= 4 is 21.4 Å². The molecule has 7 heteroatoms. The topological polar surface area (TPSA) is 50.3 Å². The van der Waals surface area contributed by atoms with Crippen LogP contribution in [0.3, 0.4) is 0 Å². The molecule has 1 fully saturated rings. The maximum absolute atomic E-state index is 13.0. The molecule has 21 heavy (non-hydrogen) atoms. The minimum Gasteiger partial charge on any atom is -0.245 e. The van der Waals surface area contributed by atoms with E-state index in [4.69, 9.17) is 0 Å². The lowest BCUT2D eigenvalue weighted by Crippen LogP contribution is -2.32. The zero-order chi connectivity index (χ0) is 15.0. The van der Waals surface area contributed by atoms with Crippen molar-refractivity contribution in [2.45, 2.75) is 37.2 Å². The molecule has 1 aliphatic rings. The van der Waals surface area contributed by atoms with Gasteiger partial charge in [0.15, 0.2) is 0 Å². The standard InChI is InChI=1S/C14H15FN2O2S2/c1-10-16-12(9-20-10)8-17(13-4-5-13)21(18,19)14-6-2-11(15)3-7-14/h2-3,6-7,9,13H,4-5,8H2,1H3. The van der Waals surface area contributed by atoms with Gasteiger partial charge in [0.25, 0.3) is 0 Å². The number of hydrogen-bond acceptors (Lipinski definition) is 4. The zero-order valence-corrected chi connectivity index (χ0v) is 13.1. The molecular formula is C14H15FN2O2S2. The van der Waals surface area contributed by atoms with Gasteiger partial charge in [-0.3, -0.25) is 0 Å². The van der Waals surface area contributed by atoms with Crippen molar-refractivity contribution in [2.75, 3.05) is 0 Å². The Morgan fingerprint density at radius 1 is 1.33 bits per heavy atom. The molecule has 0 spiro atoms. The van der Waals surface area contributed by atoms with Crippen LogP contribution in [0.15, 0.2) is 34.5 Å². The molecule has 1 aromatic heterocycles. The third-order valence-corrected chi connectivity index (χ3v) is 6.09. The number of aromatic nitrogens is 1. The number of benzene rings is 1. The Morgan fingerprint density at radius 2 is 2.00 bits per heavy atom. The molecule has 1 aromatic carbocycles. The highest BCUT2D eigenvalue weighted by molar-refractivity contribution is 7.89. The molecular weight excluding hydrogens is 311 g/mol. The molecule has 1 heterocycles. The predicted molar refractivity (Wildman–Crippen MR) is 79.0 cm³/mol. The summed E-state index contributed by atoms with van der Waals surface area (Å²) in [6, 6.07) is 5.00. The van der Waals surface area contributed by atoms with E-state index < -0.39 is 15.8 Å². The summed E-state index contributed by atoms with van der Waals surface area (Å²) in [6.45, 7) is 2.17. The third kappa shape index (κ3) is 3.14. The van der Waals surface area contributed by atoms with E-state index in [-0.39, 0.29) is 17.5 Å². The molecule has 4 nitrogen and oxygen atoms in total. The van der Waals surface area contributed by atoms with Crippen molar-refractivity contribution in [3.8, 4) is 0 Å². The number of aryl methyl sites for hydroxylation is 1. The van der Waals surface area contributed by atoms with Crippen LogP contribution in [0.5, 0.6) is 0 Å². The van der Waals surface area contributed by atoms with Gasteiger partial charge in [-0.15, -0.1) is 11.3 Å². The monoisotopic (exact) mass is 326 g/mol. The largest absolute Gasteiger partial charge is 0.245 e. The first kappa shape index (κ1) is 14.6. The smallest absolute Gasteiger partial charge is 0.243 e. The quantitative estimate of drug-likeness (QED) is 0.849. The van der Waals surface area contributed by atoms with Crippen molar-refractivity contribution in [2.24, 2.45) is 0 Å². The number of rotatable bonds is 5. The van der Waals surface area contributed by atoms with Crippen LogP contribution in [0.25, 0.3) is 0 Å². The van der Waals surface area contributed by atoms with Gasteiger partial charge in [0.05, 0.1) is 22.1 Å². The van der Waals surface area contributed by atoms with Gasteiger partial charge in [0.1, 0.15) is 5.82 Å². The molecule has 0 saturated heterocycles.